The number of anilines is 1. The molecule has 1 aliphatic carbocycles. The highest BCUT2D eigenvalue weighted by atomic mass is 35.5. The van der Waals surface area contributed by atoms with Crippen molar-refractivity contribution in [2.24, 2.45) is 0 Å². The first-order valence-electron chi connectivity index (χ1n) is 12.6. The van der Waals surface area contributed by atoms with Crippen LogP contribution in [0.5, 0.6) is 0 Å². The predicted octanol–water partition coefficient (Wildman–Crippen LogP) is 6.86. The van der Waals surface area contributed by atoms with Gasteiger partial charge < -0.3 is 9.15 Å². The van der Waals surface area contributed by atoms with Crippen LogP contribution in [0, 0.1) is 6.92 Å². The van der Waals surface area contributed by atoms with E-state index in [9.17, 15) is 22.8 Å². The molecule has 2 heterocycles. The number of fused-ring (bicyclic) bond motifs is 1. The van der Waals surface area contributed by atoms with Gasteiger partial charge in [-0.2, -0.15) is 18.3 Å². The summed E-state index contributed by atoms with van der Waals surface area (Å²) in [6.07, 6.45) is -3.36. The fraction of sp³-hybridized carbons (Fsp3) is 0.357. The number of benzene rings is 2. The number of rotatable bonds is 6. The molecule has 1 saturated carbocycles. The molecule has 12 heteroatoms. The zero-order valence-corrected chi connectivity index (χ0v) is 22.9. The molecule has 4 aromatic rings. The zero-order chi connectivity index (χ0) is 29.0. The first-order chi connectivity index (χ1) is 18.7. The molecular weight excluding hydrogens is 549 g/mol. The normalized spacial score (nSPS) is 14.0. The number of esters is 1. The number of carbonyl (C=O) groups excluding carboxylic acids is 2. The number of alkyl halides is 3. The standard InChI is InChI=1S/C28H26ClF3N4O4/c1-15-33-20-11-10-18(13-21(20)39-15)35(14-22(37)40-27(2,3)4)26(38)17-6-5-7-19(12-17)36-24(16-8-9-16)23(29)25(34-36)28(30,31)32/h5-7,10-13,16H,8-9,14H2,1-4H3. The molecule has 2 aromatic carbocycles. The highest BCUT2D eigenvalue weighted by Gasteiger charge is 2.42. The summed E-state index contributed by atoms with van der Waals surface area (Å²) in [6.45, 7) is 6.41. The fourth-order valence-corrected chi connectivity index (χ4v) is 4.78. The minimum absolute atomic E-state index is 0.122. The highest BCUT2D eigenvalue weighted by molar-refractivity contribution is 6.32. The van der Waals surface area contributed by atoms with Crippen LogP contribution in [-0.2, 0) is 15.7 Å². The number of aryl methyl sites for hydroxylation is 1. The van der Waals surface area contributed by atoms with E-state index in [1.54, 1.807) is 52.0 Å². The van der Waals surface area contributed by atoms with Crippen molar-refractivity contribution < 1.29 is 31.9 Å². The number of aromatic nitrogens is 3. The van der Waals surface area contributed by atoms with Crippen LogP contribution in [0.2, 0.25) is 5.02 Å². The van der Waals surface area contributed by atoms with Gasteiger partial charge >= 0.3 is 12.1 Å². The van der Waals surface area contributed by atoms with Gasteiger partial charge in [-0.15, -0.1) is 0 Å². The van der Waals surface area contributed by atoms with E-state index >= 15 is 0 Å². The van der Waals surface area contributed by atoms with Crippen LogP contribution >= 0.6 is 11.6 Å². The minimum atomic E-state index is -4.73. The van der Waals surface area contributed by atoms with Crippen molar-refractivity contribution in [2.45, 2.75) is 58.2 Å². The third-order valence-corrected chi connectivity index (χ3v) is 6.55. The van der Waals surface area contributed by atoms with Gasteiger partial charge in [-0.3, -0.25) is 14.5 Å². The number of oxazole rings is 1. The molecule has 0 radical (unpaired) electrons. The molecule has 0 bridgehead atoms. The molecule has 1 amide bonds. The lowest BCUT2D eigenvalue weighted by molar-refractivity contribution is -0.153. The van der Waals surface area contributed by atoms with Crippen molar-refractivity contribution >= 4 is 40.3 Å². The largest absolute Gasteiger partial charge is 0.459 e. The Balaban J connectivity index is 1.55. The Hall–Kier alpha value is -3.86. The quantitative estimate of drug-likeness (QED) is 0.234. The van der Waals surface area contributed by atoms with E-state index < -0.39 is 40.9 Å². The fourth-order valence-electron chi connectivity index (χ4n) is 4.41. The average molecular weight is 575 g/mol. The van der Waals surface area contributed by atoms with Gasteiger partial charge in [0.05, 0.1) is 16.4 Å². The molecule has 0 spiro atoms. The number of amides is 1. The Morgan fingerprint density at radius 2 is 1.88 bits per heavy atom. The van der Waals surface area contributed by atoms with Gasteiger partial charge in [0, 0.05) is 30.2 Å². The average Bonchev–Trinajstić information content (AvgIpc) is 3.52. The van der Waals surface area contributed by atoms with Crippen LogP contribution in [0.25, 0.3) is 16.8 Å². The van der Waals surface area contributed by atoms with Crippen molar-refractivity contribution in [2.75, 3.05) is 11.4 Å². The summed E-state index contributed by atoms with van der Waals surface area (Å²) in [5, 5.41) is 3.35. The van der Waals surface area contributed by atoms with E-state index in [-0.39, 0.29) is 22.9 Å². The van der Waals surface area contributed by atoms with Gasteiger partial charge in [0.25, 0.3) is 5.91 Å². The van der Waals surface area contributed by atoms with Crippen molar-refractivity contribution in [3.05, 3.63) is 70.3 Å². The van der Waals surface area contributed by atoms with Crippen LogP contribution in [0.3, 0.4) is 0 Å². The molecule has 210 valence electrons. The molecular formula is C28H26ClF3N4O4. The Morgan fingerprint density at radius 3 is 2.52 bits per heavy atom. The third kappa shape index (κ3) is 5.70. The van der Waals surface area contributed by atoms with E-state index in [0.29, 0.717) is 35.5 Å². The zero-order valence-electron chi connectivity index (χ0n) is 22.2. The van der Waals surface area contributed by atoms with Crippen LogP contribution in [0.15, 0.2) is 46.9 Å². The second-order valence-electron chi connectivity index (χ2n) is 10.6. The van der Waals surface area contributed by atoms with Crippen molar-refractivity contribution in [3.8, 4) is 5.69 Å². The van der Waals surface area contributed by atoms with Crippen LogP contribution in [0.4, 0.5) is 18.9 Å². The Morgan fingerprint density at radius 1 is 1.15 bits per heavy atom. The maximum Gasteiger partial charge on any atom is 0.436 e. The molecule has 0 N–H and O–H groups in total. The number of carbonyl (C=O) groups is 2. The smallest absolute Gasteiger partial charge is 0.436 e. The molecule has 40 heavy (non-hydrogen) atoms. The number of ether oxygens (including phenoxy) is 1. The van der Waals surface area contributed by atoms with E-state index in [4.69, 9.17) is 20.8 Å². The second-order valence-corrected chi connectivity index (χ2v) is 11.0. The van der Waals surface area contributed by atoms with Crippen LogP contribution in [0.1, 0.15) is 67.2 Å². The number of nitrogens with zero attached hydrogens (tertiary/aromatic N) is 4. The molecule has 1 fully saturated rings. The lowest BCUT2D eigenvalue weighted by Gasteiger charge is -2.25. The molecule has 0 atom stereocenters. The van der Waals surface area contributed by atoms with Gasteiger partial charge in [-0.25, -0.2) is 9.67 Å². The summed E-state index contributed by atoms with van der Waals surface area (Å²) in [6, 6.07) is 10.9. The summed E-state index contributed by atoms with van der Waals surface area (Å²) in [7, 11) is 0. The van der Waals surface area contributed by atoms with Gasteiger partial charge in [0.2, 0.25) is 0 Å². The van der Waals surface area contributed by atoms with E-state index in [2.05, 4.69) is 10.1 Å². The van der Waals surface area contributed by atoms with Gasteiger partial charge in [0.15, 0.2) is 17.2 Å². The maximum atomic E-state index is 13.9. The molecule has 5 rings (SSSR count). The van der Waals surface area contributed by atoms with Crippen LogP contribution in [-0.4, -0.2) is 38.8 Å². The molecule has 0 aliphatic heterocycles. The summed E-state index contributed by atoms with van der Waals surface area (Å²) >= 11 is 6.15. The SMILES string of the molecule is Cc1nc2ccc(N(CC(=O)OC(C)(C)C)C(=O)c3cccc(-n4nc(C(F)(F)F)c(Cl)c4C4CC4)c3)cc2o1. The monoisotopic (exact) mass is 574 g/mol. The van der Waals surface area contributed by atoms with Gasteiger partial charge in [-0.05, 0) is 63.9 Å². The van der Waals surface area contributed by atoms with Crippen molar-refractivity contribution in [1.29, 1.82) is 0 Å². The topological polar surface area (TPSA) is 90.5 Å². The van der Waals surface area contributed by atoms with E-state index in [0.717, 1.165) is 4.68 Å². The second kappa shape index (κ2) is 9.96. The summed E-state index contributed by atoms with van der Waals surface area (Å²) < 4.78 is 53.1. The predicted molar refractivity (Wildman–Crippen MR) is 142 cm³/mol. The molecule has 1 aliphatic rings. The summed E-state index contributed by atoms with van der Waals surface area (Å²) in [4.78, 5) is 32.2. The number of halogens is 4. The highest BCUT2D eigenvalue weighted by Crippen LogP contribution is 2.47. The molecule has 8 nitrogen and oxygen atoms in total. The lowest BCUT2D eigenvalue weighted by Crippen LogP contribution is -2.39. The minimum Gasteiger partial charge on any atom is -0.459 e. The van der Waals surface area contributed by atoms with Gasteiger partial charge in [-0.1, -0.05) is 17.7 Å². The van der Waals surface area contributed by atoms with Crippen molar-refractivity contribution in [3.63, 3.8) is 0 Å². The molecule has 0 saturated heterocycles. The molecule has 0 unspecified atom stereocenters. The third-order valence-electron chi connectivity index (χ3n) is 6.17. The Bertz CT molecular complexity index is 1620. The van der Waals surface area contributed by atoms with Gasteiger partial charge in [0.1, 0.15) is 17.7 Å². The van der Waals surface area contributed by atoms with Crippen LogP contribution < -0.4 is 4.90 Å². The van der Waals surface area contributed by atoms with E-state index in [1.165, 1.54) is 23.1 Å². The van der Waals surface area contributed by atoms with E-state index in [1.807, 2.05) is 0 Å². The first kappa shape index (κ1) is 27.7. The summed E-state index contributed by atoms with van der Waals surface area (Å²) in [5.74, 6) is -0.940. The molecule has 2 aromatic heterocycles. The Kier molecular flexibility index (Phi) is 6.89. The Labute approximate surface area is 232 Å². The first-order valence-corrected chi connectivity index (χ1v) is 13.0. The maximum absolute atomic E-state index is 13.9. The number of hydrogen-bond acceptors (Lipinski definition) is 6. The van der Waals surface area contributed by atoms with Crippen molar-refractivity contribution in [1.82, 2.24) is 14.8 Å². The number of hydrogen-bond donors (Lipinski definition) is 0. The lowest BCUT2D eigenvalue weighted by atomic mass is 10.1. The summed E-state index contributed by atoms with van der Waals surface area (Å²) in [5.41, 5.74) is 0.0186.